The minimum Gasteiger partial charge on any atom is -0.311 e. The minimum atomic E-state index is 0.744. The average molecular weight is 280 g/mol. The van der Waals surface area contributed by atoms with E-state index in [4.69, 9.17) is 0 Å². The van der Waals surface area contributed by atoms with Crippen molar-refractivity contribution in [2.75, 3.05) is 13.1 Å². The average Bonchev–Trinajstić information content (AvgIpc) is 2.46. The van der Waals surface area contributed by atoms with Crippen LogP contribution in [0.15, 0.2) is 0 Å². The third-order valence-corrected chi connectivity index (χ3v) is 5.56. The molecule has 0 radical (unpaired) electrons. The van der Waals surface area contributed by atoms with Gasteiger partial charge in [-0.2, -0.15) is 0 Å². The highest BCUT2D eigenvalue weighted by molar-refractivity contribution is 4.92. The Balaban J connectivity index is 1.95. The number of nitrogens with zero attached hydrogens (tertiary/aromatic N) is 1. The first kappa shape index (κ1) is 16.3. The van der Waals surface area contributed by atoms with E-state index in [1.807, 2.05) is 0 Å². The molecule has 1 N–H and O–H groups in total. The van der Waals surface area contributed by atoms with E-state index in [1.54, 1.807) is 0 Å². The van der Waals surface area contributed by atoms with E-state index in [2.05, 4.69) is 37.9 Å². The highest BCUT2D eigenvalue weighted by Gasteiger charge is 2.34. The number of rotatable bonds is 5. The van der Waals surface area contributed by atoms with Gasteiger partial charge < -0.3 is 5.32 Å². The molecule has 1 saturated heterocycles. The number of piperazine rings is 1. The van der Waals surface area contributed by atoms with Gasteiger partial charge in [0.25, 0.3) is 0 Å². The topological polar surface area (TPSA) is 15.3 Å². The predicted molar refractivity (Wildman–Crippen MR) is 88.1 cm³/mol. The maximum absolute atomic E-state index is 3.89. The van der Waals surface area contributed by atoms with Crippen molar-refractivity contribution in [3.8, 4) is 0 Å². The fraction of sp³-hybridized carbons (Fsp3) is 1.00. The van der Waals surface area contributed by atoms with Crippen LogP contribution in [0.1, 0.15) is 72.6 Å². The zero-order valence-electron chi connectivity index (χ0n) is 14.2. The molecule has 1 saturated carbocycles. The highest BCUT2D eigenvalue weighted by atomic mass is 15.3. The molecule has 3 unspecified atom stereocenters. The van der Waals surface area contributed by atoms with Gasteiger partial charge in [-0.25, -0.2) is 0 Å². The van der Waals surface area contributed by atoms with Crippen LogP contribution >= 0.6 is 0 Å². The summed E-state index contributed by atoms with van der Waals surface area (Å²) in [5.41, 5.74) is 0. The molecule has 0 aromatic rings. The molecule has 2 fully saturated rings. The first-order valence-electron chi connectivity index (χ1n) is 9.11. The Labute approximate surface area is 126 Å². The summed E-state index contributed by atoms with van der Waals surface area (Å²) in [6.45, 7) is 12.0. The molecule has 1 aliphatic heterocycles. The van der Waals surface area contributed by atoms with Crippen LogP contribution in [0.25, 0.3) is 0 Å². The first-order chi connectivity index (χ1) is 9.61. The smallest absolute Gasteiger partial charge is 0.0224 e. The van der Waals surface area contributed by atoms with Crippen molar-refractivity contribution in [2.45, 2.75) is 90.8 Å². The van der Waals surface area contributed by atoms with E-state index in [0.717, 1.165) is 30.0 Å². The van der Waals surface area contributed by atoms with Gasteiger partial charge in [0.05, 0.1) is 0 Å². The molecule has 1 heterocycles. The van der Waals surface area contributed by atoms with Gasteiger partial charge in [-0.05, 0) is 44.4 Å². The molecule has 0 aromatic carbocycles. The lowest BCUT2D eigenvalue weighted by Gasteiger charge is -2.46. The second-order valence-electron chi connectivity index (χ2n) is 7.65. The Bertz CT molecular complexity index is 271. The van der Waals surface area contributed by atoms with Crippen LogP contribution in [0, 0.1) is 11.8 Å². The van der Waals surface area contributed by atoms with Crippen LogP contribution < -0.4 is 5.32 Å². The highest BCUT2D eigenvalue weighted by Crippen LogP contribution is 2.30. The summed E-state index contributed by atoms with van der Waals surface area (Å²) in [7, 11) is 0. The summed E-state index contributed by atoms with van der Waals surface area (Å²) in [6.07, 6.45) is 9.93. The summed E-state index contributed by atoms with van der Waals surface area (Å²) >= 11 is 0. The van der Waals surface area contributed by atoms with E-state index < -0.39 is 0 Å². The lowest BCUT2D eigenvalue weighted by molar-refractivity contribution is 0.0543. The van der Waals surface area contributed by atoms with Crippen LogP contribution in [0.2, 0.25) is 0 Å². The SMILES string of the molecule is CCC1CNC(C2CCCCC2)CN1C(C)CC(C)C. The largest absolute Gasteiger partial charge is 0.311 e. The molecule has 0 spiro atoms. The van der Waals surface area contributed by atoms with Crippen molar-refractivity contribution in [2.24, 2.45) is 11.8 Å². The van der Waals surface area contributed by atoms with Crippen molar-refractivity contribution in [3.05, 3.63) is 0 Å². The van der Waals surface area contributed by atoms with Gasteiger partial charge in [0.2, 0.25) is 0 Å². The van der Waals surface area contributed by atoms with E-state index >= 15 is 0 Å². The fourth-order valence-corrected chi connectivity index (χ4v) is 4.43. The molecule has 0 aromatic heterocycles. The third-order valence-electron chi connectivity index (χ3n) is 5.56. The van der Waals surface area contributed by atoms with Gasteiger partial charge in [0.15, 0.2) is 0 Å². The first-order valence-corrected chi connectivity index (χ1v) is 9.11. The summed E-state index contributed by atoms with van der Waals surface area (Å²) in [5.74, 6) is 1.75. The molecule has 2 rings (SSSR count). The normalized spacial score (nSPS) is 31.6. The van der Waals surface area contributed by atoms with Gasteiger partial charge in [0, 0.05) is 31.2 Å². The Morgan fingerprint density at radius 3 is 2.40 bits per heavy atom. The summed E-state index contributed by atoms with van der Waals surface area (Å²) in [6, 6.07) is 2.25. The number of hydrogen-bond donors (Lipinski definition) is 1. The lowest BCUT2D eigenvalue weighted by Crippen LogP contribution is -2.61. The Hall–Kier alpha value is -0.0800. The molecule has 1 aliphatic carbocycles. The number of nitrogens with one attached hydrogen (secondary N) is 1. The van der Waals surface area contributed by atoms with Gasteiger partial charge in [-0.3, -0.25) is 4.90 Å². The van der Waals surface area contributed by atoms with Crippen LogP contribution in [-0.2, 0) is 0 Å². The maximum atomic E-state index is 3.89. The molecule has 0 amide bonds. The van der Waals surface area contributed by atoms with E-state index in [-0.39, 0.29) is 0 Å². The molecular formula is C18H36N2. The van der Waals surface area contributed by atoms with E-state index in [0.29, 0.717) is 0 Å². The van der Waals surface area contributed by atoms with Crippen molar-refractivity contribution >= 4 is 0 Å². The molecule has 2 heteroatoms. The van der Waals surface area contributed by atoms with Crippen molar-refractivity contribution in [3.63, 3.8) is 0 Å². The lowest BCUT2D eigenvalue weighted by atomic mass is 9.82. The van der Waals surface area contributed by atoms with Crippen molar-refractivity contribution in [1.82, 2.24) is 10.2 Å². The molecule has 118 valence electrons. The monoisotopic (exact) mass is 280 g/mol. The predicted octanol–water partition coefficient (Wildman–Crippen LogP) is 4.05. The van der Waals surface area contributed by atoms with E-state index in [1.165, 1.54) is 58.0 Å². The molecule has 2 aliphatic rings. The van der Waals surface area contributed by atoms with Crippen LogP contribution in [0.4, 0.5) is 0 Å². The van der Waals surface area contributed by atoms with Crippen molar-refractivity contribution < 1.29 is 0 Å². The zero-order valence-corrected chi connectivity index (χ0v) is 14.2. The van der Waals surface area contributed by atoms with Gasteiger partial charge in [-0.15, -0.1) is 0 Å². The molecular weight excluding hydrogens is 244 g/mol. The second-order valence-corrected chi connectivity index (χ2v) is 7.65. The molecule has 2 nitrogen and oxygen atoms in total. The second kappa shape index (κ2) is 7.79. The van der Waals surface area contributed by atoms with E-state index in [9.17, 15) is 0 Å². The van der Waals surface area contributed by atoms with Crippen LogP contribution in [-0.4, -0.2) is 36.1 Å². The van der Waals surface area contributed by atoms with Gasteiger partial charge in [-0.1, -0.05) is 40.0 Å². The summed E-state index contributed by atoms with van der Waals surface area (Å²) in [5, 5.41) is 3.89. The standard InChI is InChI=1S/C18H36N2/c1-5-17-12-19-18(16-9-7-6-8-10-16)13-20(17)15(4)11-14(2)3/h14-19H,5-13H2,1-4H3. The Kier molecular flexibility index (Phi) is 6.35. The fourth-order valence-electron chi connectivity index (χ4n) is 4.43. The summed E-state index contributed by atoms with van der Waals surface area (Å²) in [4.78, 5) is 2.83. The van der Waals surface area contributed by atoms with Crippen LogP contribution in [0.3, 0.4) is 0 Å². The van der Waals surface area contributed by atoms with Gasteiger partial charge >= 0.3 is 0 Å². The minimum absolute atomic E-state index is 0.744. The third kappa shape index (κ3) is 4.21. The quantitative estimate of drug-likeness (QED) is 0.817. The molecule has 20 heavy (non-hydrogen) atoms. The Morgan fingerprint density at radius 1 is 1.10 bits per heavy atom. The van der Waals surface area contributed by atoms with Gasteiger partial charge in [0.1, 0.15) is 0 Å². The Morgan fingerprint density at radius 2 is 1.80 bits per heavy atom. The number of hydrogen-bond acceptors (Lipinski definition) is 2. The zero-order chi connectivity index (χ0) is 14.5. The summed E-state index contributed by atoms with van der Waals surface area (Å²) < 4.78 is 0. The van der Waals surface area contributed by atoms with Crippen LogP contribution in [0.5, 0.6) is 0 Å². The maximum Gasteiger partial charge on any atom is 0.0224 e. The molecule has 0 bridgehead atoms. The molecule has 3 atom stereocenters. The van der Waals surface area contributed by atoms with Crippen molar-refractivity contribution in [1.29, 1.82) is 0 Å².